The van der Waals surface area contributed by atoms with Gasteiger partial charge in [-0.25, -0.2) is 4.79 Å². The second-order valence-electron chi connectivity index (χ2n) is 5.15. The highest BCUT2D eigenvalue weighted by Crippen LogP contribution is 2.26. The molecule has 3 rings (SSSR count). The van der Waals surface area contributed by atoms with Gasteiger partial charge in [0.25, 0.3) is 0 Å². The Balaban J connectivity index is 1.63. The molecule has 1 aromatic heterocycles. The van der Waals surface area contributed by atoms with Crippen LogP contribution in [0.15, 0.2) is 35.4 Å². The van der Waals surface area contributed by atoms with E-state index in [1.807, 2.05) is 6.07 Å². The molecule has 0 radical (unpaired) electrons. The first-order chi connectivity index (χ1) is 11.6. The number of nitrogens with zero attached hydrogens (tertiary/aromatic N) is 2. The summed E-state index contributed by atoms with van der Waals surface area (Å²) in [7, 11) is 0. The Labute approximate surface area is 148 Å². The van der Waals surface area contributed by atoms with Crippen LogP contribution in [0.25, 0.3) is 0 Å². The van der Waals surface area contributed by atoms with Gasteiger partial charge in [-0.3, -0.25) is 5.43 Å². The molecule has 2 aromatic rings. The topological polar surface area (TPSA) is 74.2 Å². The Bertz CT molecular complexity index is 757. The quantitative estimate of drug-likeness (QED) is 0.627. The van der Waals surface area contributed by atoms with Crippen molar-refractivity contribution in [2.24, 2.45) is 5.10 Å². The Morgan fingerprint density at radius 2 is 2.12 bits per heavy atom. The van der Waals surface area contributed by atoms with Gasteiger partial charge in [0.1, 0.15) is 0 Å². The highest BCUT2D eigenvalue weighted by molar-refractivity contribution is 7.17. The minimum absolute atomic E-state index is 0.0441. The van der Waals surface area contributed by atoms with E-state index in [2.05, 4.69) is 21.5 Å². The molecule has 2 heterocycles. The van der Waals surface area contributed by atoms with Crippen molar-refractivity contribution in [2.75, 3.05) is 36.6 Å². The highest BCUT2D eigenvalue weighted by atomic mass is 35.5. The molecule has 126 valence electrons. The molecule has 0 aliphatic carbocycles. The van der Waals surface area contributed by atoms with Crippen LogP contribution in [0.5, 0.6) is 0 Å². The second kappa shape index (κ2) is 7.65. The molecule has 0 bridgehead atoms. The van der Waals surface area contributed by atoms with E-state index in [9.17, 15) is 4.79 Å². The number of hydrogen-bond donors (Lipinski definition) is 2. The predicted octanol–water partition coefficient (Wildman–Crippen LogP) is 3.38. The molecule has 8 heteroatoms. The van der Waals surface area contributed by atoms with Gasteiger partial charge in [-0.15, -0.1) is 11.3 Å². The second-order valence-corrected chi connectivity index (χ2v) is 6.65. The van der Waals surface area contributed by atoms with Crippen molar-refractivity contribution in [3.05, 3.63) is 45.8 Å². The first-order valence-electron chi connectivity index (χ1n) is 7.38. The molecule has 0 amide bonds. The SMILES string of the molecule is O=C(O)c1cc(N/N=C\c2ccc(N3CCOCC3)s2)ccc1Cl. The number of carboxylic acids is 1. The summed E-state index contributed by atoms with van der Waals surface area (Å²) in [5.41, 5.74) is 3.44. The molecule has 2 N–H and O–H groups in total. The number of hydrogen-bond acceptors (Lipinski definition) is 6. The maximum Gasteiger partial charge on any atom is 0.337 e. The number of carbonyl (C=O) groups is 1. The summed E-state index contributed by atoms with van der Waals surface area (Å²) >= 11 is 7.49. The lowest BCUT2D eigenvalue weighted by molar-refractivity contribution is 0.0697. The van der Waals surface area contributed by atoms with Gasteiger partial charge in [-0.05, 0) is 30.3 Å². The third-order valence-electron chi connectivity index (χ3n) is 3.52. The number of nitrogens with one attached hydrogen (secondary N) is 1. The molecule has 1 aromatic carbocycles. The van der Waals surface area contributed by atoms with E-state index < -0.39 is 5.97 Å². The van der Waals surface area contributed by atoms with Crippen molar-refractivity contribution in [2.45, 2.75) is 0 Å². The Kier molecular flexibility index (Phi) is 5.34. The first kappa shape index (κ1) is 16.8. The van der Waals surface area contributed by atoms with Gasteiger partial charge in [0, 0.05) is 18.0 Å². The van der Waals surface area contributed by atoms with Gasteiger partial charge < -0.3 is 14.7 Å². The Morgan fingerprint density at radius 1 is 1.33 bits per heavy atom. The number of aromatic carboxylic acids is 1. The fraction of sp³-hybridized carbons (Fsp3) is 0.250. The summed E-state index contributed by atoms with van der Waals surface area (Å²) < 4.78 is 5.35. The minimum atomic E-state index is -1.07. The van der Waals surface area contributed by atoms with Crippen LogP contribution in [0.1, 0.15) is 15.2 Å². The van der Waals surface area contributed by atoms with Crippen LogP contribution < -0.4 is 10.3 Å². The Hall–Kier alpha value is -2.09. The van der Waals surface area contributed by atoms with E-state index in [4.69, 9.17) is 21.4 Å². The summed E-state index contributed by atoms with van der Waals surface area (Å²) in [5, 5.41) is 14.6. The van der Waals surface area contributed by atoms with Gasteiger partial charge in [-0.2, -0.15) is 5.10 Å². The zero-order chi connectivity index (χ0) is 16.9. The van der Waals surface area contributed by atoms with Crippen molar-refractivity contribution in [1.29, 1.82) is 0 Å². The van der Waals surface area contributed by atoms with Crippen molar-refractivity contribution in [3.8, 4) is 0 Å². The molecule has 1 saturated heterocycles. The summed E-state index contributed by atoms with van der Waals surface area (Å²) in [4.78, 5) is 14.4. The summed E-state index contributed by atoms with van der Waals surface area (Å²) in [6, 6.07) is 8.74. The average molecular weight is 366 g/mol. The lowest BCUT2D eigenvalue weighted by atomic mass is 10.2. The third-order valence-corrected chi connectivity index (χ3v) is 4.93. The zero-order valence-corrected chi connectivity index (χ0v) is 14.3. The van der Waals surface area contributed by atoms with Crippen LogP contribution in [0.3, 0.4) is 0 Å². The molecule has 0 atom stereocenters. The number of benzene rings is 1. The number of hydrazone groups is 1. The monoisotopic (exact) mass is 365 g/mol. The maximum absolute atomic E-state index is 11.1. The fourth-order valence-corrected chi connectivity index (χ4v) is 3.42. The van der Waals surface area contributed by atoms with Crippen LogP contribution in [0.4, 0.5) is 10.7 Å². The molecule has 0 spiro atoms. The van der Waals surface area contributed by atoms with Gasteiger partial charge in [0.2, 0.25) is 0 Å². The fourth-order valence-electron chi connectivity index (χ4n) is 2.29. The molecular weight excluding hydrogens is 350 g/mol. The van der Waals surface area contributed by atoms with Gasteiger partial charge in [0.05, 0.1) is 40.7 Å². The molecule has 6 nitrogen and oxygen atoms in total. The molecule has 0 saturated carbocycles. The average Bonchev–Trinajstić information content (AvgIpc) is 3.06. The molecule has 1 aliphatic heterocycles. The third kappa shape index (κ3) is 4.05. The zero-order valence-electron chi connectivity index (χ0n) is 12.7. The van der Waals surface area contributed by atoms with E-state index in [1.54, 1.807) is 23.6 Å². The maximum atomic E-state index is 11.1. The van der Waals surface area contributed by atoms with Gasteiger partial charge in [-0.1, -0.05) is 11.6 Å². The van der Waals surface area contributed by atoms with Crippen LogP contribution in [-0.4, -0.2) is 43.6 Å². The largest absolute Gasteiger partial charge is 0.478 e. The number of thiophene rings is 1. The molecule has 1 fully saturated rings. The summed E-state index contributed by atoms with van der Waals surface area (Å²) in [6.07, 6.45) is 1.71. The van der Waals surface area contributed by atoms with Gasteiger partial charge >= 0.3 is 5.97 Å². The Morgan fingerprint density at radius 3 is 2.88 bits per heavy atom. The van der Waals surface area contributed by atoms with E-state index in [0.29, 0.717) is 5.69 Å². The van der Waals surface area contributed by atoms with Crippen LogP contribution >= 0.6 is 22.9 Å². The van der Waals surface area contributed by atoms with E-state index in [-0.39, 0.29) is 10.6 Å². The van der Waals surface area contributed by atoms with Gasteiger partial charge in [0.15, 0.2) is 0 Å². The van der Waals surface area contributed by atoms with Crippen molar-refractivity contribution in [3.63, 3.8) is 0 Å². The molecule has 24 heavy (non-hydrogen) atoms. The van der Waals surface area contributed by atoms with Crippen LogP contribution in [0.2, 0.25) is 5.02 Å². The van der Waals surface area contributed by atoms with Crippen molar-refractivity contribution < 1.29 is 14.6 Å². The highest BCUT2D eigenvalue weighted by Gasteiger charge is 2.12. The molecular formula is C16H16ClN3O3S. The lowest BCUT2D eigenvalue weighted by Crippen LogP contribution is -2.35. The number of ether oxygens (including phenoxy) is 1. The smallest absolute Gasteiger partial charge is 0.337 e. The van der Waals surface area contributed by atoms with Crippen molar-refractivity contribution >= 4 is 45.8 Å². The molecule has 0 unspecified atom stereocenters. The normalized spacial score (nSPS) is 15.0. The lowest BCUT2D eigenvalue weighted by Gasteiger charge is -2.27. The van der Waals surface area contributed by atoms with Crippen LogP contribution in [-0.2, 0) is 4.74 Å². The van der Waals surface area contributed by atoms with Crippen LogP contribution in [0, 0.1) is 0 Å². The summed E-state index contributed by atoms with van der Waals surface area (Å²) in [5.74, 6) is -1.07. The minimum Gasteiger partial charge on any atom is -0.478 e. The summed E-state index contributed by atoms with van der Waals surface area (Å²) in [6.45, 7) is 3.31. The van der Waals surface area contributed by atoms with Crippen molar-refractivity contribution in [1.82, 2.24) is 0 Å². The standard InChI is InChI=1S/C16H16ClN3O3S/c17-14-3-1-11(9-13(14)16(21)22)19-18-10-12-2-4-15(24-12)20-5-7-23-8-6-20/h1-4,9-10,19H,5-8H2,(H,21,22)/b18-10-. The number of carboxylic acid groups (broad SMARTS) is 1. The predicted molar refractivity (Wildman–Crippen MR) is 97.0 cm³/mol. The first-order valence-corrected chi connectivity index (χ1v) is 8.57. The van der Waals surface area contributed by atoms with E-state index >= 15 is 0 Å². The number of rotatable bonds is 5. The van der Waals surface area contributed by atoms with E-state index in [0.717, 1.165) is 31.2 Å². The number of morpholine rings is 1. The number of anilines is 2. The number of halogens is 1. The molecule has 1 aliphatic rings. The van der Waals surface area contributed by atoms with E-state index in [1.165, 1.54) is 17.1 Å².